The highest BCUT2D eigenvalue weighted by Gasteiger charge is 2.12. The fraction of sp³-hybridized carbons (Fsp3) is 0.176. The molecule has 0 N–H and O–H groups in total. The molecule has 23 heavy (non-hydrogen) atoms. The second-order valence-electron chi connectivity index (χ2n) is 5.39. The van der Waals surface area contributed by atoms with Crippen LogP contribution in [0.1, 0.15) is 11.1 Å². The molecule has 1 heterocycles. The predicted molar refractivity (Wildman–Crippen MR) is 87.4 cm³/mol. The van der Waals surface area contributed by atoms with E-state index < -0.39 is 0 Å². The van der Waals surface area contributed by atoms with E-state index in [0.29, 0.717) is 6.42 Å². The fourth-order valence-corrected chi connectivity index (χ4v) is 2.32. The summed E-state index contributed by atoms with van der Waals surface area (Å²) >= 11 is 0. The van der Waals surface area contributed by atoms with Crippen LogP contribution in [0.2, 0.25) is 0 Å². The number of hydrogen-bond acceptors (Lipinski definition) is 4. The highest BCUT2D eigenvalue weighted by atomic mass is 16.2. The number of aromatic nitrogens is 4. The third kappa shape index (κ3) is 3.42. The second kappa shape index (κ2) is 6.39. The second-order valence-corrected chi connectivity index (χ2v) is 5.39. The van der Waals surface area contributed by atoms with Gasteiger partial charge in [-0.2, -0.15) is 0 Å². The molecule has 0 radical (unpaired) electrons. The van der Waals surface area contributed by atoms with Crippen molar-refractivity contribution in [3.63, 3.8) is 0 Å². The summed E-state index contributed by atoms with van der Waals surface area (Å²) < 4.78 is 1.57. The van der Waals surface area contributed by atoms with Crippen LogP contribution in [0.3, 0.4) is 0 Å². The summed E-state index contributed by atoms with van der Waals surface area (Å²) in [7, 11) is 1.80. The minimum absolute atomic E-state index is 0.0470. The number of amides is 1. The number of carbonyl (C=O) groups excluding carboxylic acids is 1. The van der Waals surface area contributed by atoms with Crippen LogP contribution in [0.5, 0.6) is 0 Å². The maximum atomic E-state index is 12.4. The van der Waals surface area contributed by atoms with Gasteiger partial charge < -0.3 is 4.90 Å². The lowest BCUT2D eigenvalue weighted by Gasteiger charge is -2.18. The van der Waals surface area contributed by atoms with E-state index in [9.17, 15) is 4.79 Å². The number of rotatable bonds is 4. The number of likely N-dealkylation sites (N-methyl/N-ethyl adjacent to an activating group) is 1. The number of aryl methyl sites for hydroxylation is 1. The summed E-state index contributed by atoms with van der Waals surface area (Å²) in [4.78, 5) is 14.1. The lowest BCUT2D eigenvalue weighted by atomic mass is 10.1. The summed E-state index contributed by atoms with van der Waals surface area (Å²) in [6.07, 6.45) is 1.88. The zero-order chi connectivity index (χ0) is 16.2. The highest BCUT2D eigenvalue weighted by Crippen LogP contribution is 2.16. The van der Waals surface area contributed by atoms with Crippen LogP contribution >= 0.6 is 0 Å². The molecule has 0 spiro atoms. The van der Waals surface area contributed by atoms with Gasteiger partial charge in [-0.1, -0.05) is 24.3 Å². The normalized spacial score (nSPS) is 10.5. The third-order valence-electron chi connectivity index (χ3n) is 3.67. The Balaban J connectivity index is 1.70. The zero-order valence-corrected chi connectivity index (χ0v) is 13.0. The molecule has 0 atom stereocenters. The molecule has 0 aliphatic rings. The molecule has 1 amide bonds. The van der Waals surface area contributed by atoms with Gasteiger partial charge in [-0.05, 0) is 52.7 Å². The van der Waals surface area contributed by atoms with Crippen molar-refractivity contribution in [3.8, 4) is 5.69 Å². The Hall–Kier alpha value is -3.02. The number of anilines is 1. The molecule has 0 saturated carbocycles. The molecule has 0 aliphatic carbocycles. The molecule has 6 nitrogen and oxygen atoms in total. The Morgan fingerprint density at radius 1 is 1.17 bits per heavy atom. The topological polar surface area (TPSA) is 63.9 Å². The molecule has 0 unspecified atom stereocenters. The third-order valence-corrected chi connectivity index (χ3v) is 3.67. The van der Waals surface area contributed by atoms with Crippen LogP contribution in [-0.2, 0) is 11.2 Å². The van der Waals surface area contributed by atoms with E-state index in [1.165, 1.54) is 6.33 Å². The minimum Gasteiger partial charge on any atom is -0.315 e. The van der Waals surface area contributed by atoms with Crippen LogP contribution in [0.4, 0.5) is 5.69 Å². The Labute approximate surface area is 134 Å². The zero-order valence-electron chi connectivity index (χ0n) is 13.0. The lowest BCUT2D eigenvalue weighted by Crippen LogP contribution is -2.27. The van der Waals surface area contributed by atoms with E-state index in [2.05, 4.69) is 15.5 Å². The summed E-state index contributed by atoms with van der Waals surface area (Å²) in [6.45, 7) is 2.01. The van der Waals surface area contributed by atoms with Crippen molar-refractivity contribution in [1.82, 2.24) is 20.2 Å². The molecular weight excluding hydrogens is 290 g/mol. The van der Waals surface area contributed by atoms with Crippen molar-refractivity contribution in [2.45, 2.75) is 13.3 Å². The van der Waals surface area contributed by atoms with Gasteiger partial charge in [-0.25, -0.2) is 4.68 Å². The molecule has 116 valence electrons. The minimum atomic E-state index is 0.0470. The van der Waals surface area contributed by atoms with Gasteiger partial charge in [0, 0.05) is 12.7 Å². The smallest absolute Gasteiger partial charge is 0.231 e. The first-order valence-electron chi connectivity index (χ1n) is 7.29. The SMILES string of the molecule is Cc1cccc(N(C)C(=O)Cc2ccc(-n3cnnn3)cc2)c1. The van der Waals surface area contributed by atoms with Gasteiger partial charge in [-0.15, -0.1) is 5.10 Å². The highest BCUT2D eigenvalue weighted by molar-refractivity contribution is 5.94. The van der Waals surface area contributed by atoms with Crippen LogP contribution in [-0.4, -0.2) is 33.2 Å². The molecule has 0 saturated heterocycles. The molecule has 3 aromatic rings. The largest absolute Gasteiger partial charge is 0.315 e. The first-order valence-corrected chi connectivity index (χ1v) is 7.29. The van der Waals surface area contributed by atoms with Crippen molar-refractivity contribution >= 4 is 11.6 Å². The summed E-state index contributed by atoms with van der Waals surface area (Å²) in [5.41, 5.74) is 3.85. The van der Waals surface area contributed by atoms with Gasteiger partial charge in [0.2, 0.25) is 5.91 Å². The van der Waals surface area contributed by atoms with Crippen molar-refractivity contribution in [2.24, 2.45) is 0 Å². The average molecular weight is 307 g/mol. The van der Waals surface area contributed by atoms with Gasteiger partial charge in [0.05, 0.1) is 12.1 Å². The molecule has 3 rings (SSSR count). The van der Waals surface area contributed by atoms with Crippen molar-refractivity contribution in [3.05, 3.63) is 66.0 Å². The van der Waals surface area contributed by atoms with Gasteiger partial charge in [0.25, 0.3) is 0 Å². The van der Waals surface area contributed by atoms with Crippen LogP contribution < -0.4 is 4.90 Å². The summed E-state index contributed by atoms with van der Waals surface area (Å²) in [5, 5.41) is 11.0. The number of tetrazole rings is 1. The number of hydrogen-bond donors (Lipinski definition) is 0. The van der Waals surface area contributed by atoms with Crippen molar-refractivity contribution < 1.29 is 4.79 Å². The lowest BCUT2D eigenvalue weighted by molar-refractivity contribution is -0.117. The van der Waals surface area contributed by atoms with Gasteiger partial charge in [-0.3, -0.25) is 4.79 Å². The maximum absolute atomic E-state index is 12.4. The van der Waals surface area contributed by atoms with Crippen LogP contribution in [0.25, 0.3) is 5.69 Å². The first-order chi connectivity index (χ1) is 11.1. The van der Waals surface area contributed by atoms with E-state index in [-0.39, 0.29) is 5.91 Å². The van der Waals surface area contributed by atoms with E-state index in [0.717, 1.165) is 22.5 Å². The molecule has 0 bridgehead atoms. The predicted octanol–water partition coefficient (Wildman–Crippen LogP) is 2.18. The van der Waals surface area contributed by atoms with Gasteiger partial charge >= 0.3 is 0 Å². The standard InChI is InChI=1S/C17H17N5O/c1-13-4-3-5-16(10-13)21(2)17(23)11-14-6-8-15(9-7-14)22-12-18-19-20-22/h3-10,12H,11H2,1-2H3. The number of nitrogens with zero attached hydrogens (tertiary/aromatic N) is 5. The Morgan fingerprint density at radius 2 is 1.96 bits per heavy atom. The number of carbonyl (C=O) groups is 1. The molecule has 2 aromatic carbocycles. The summed E-state index contributed by atoms with van der Waals surface area (Å²) in [5.74, 6) is 0.0470. The first kappa shape index (κ1) is 14.9. The van der Waals surface area contributed by atoms with Gasteiger partial charge in [0.15, 0.2) is 0 Å². The monoisotopic (exact) mass is 307 g/mol. The van der Waals surface area contributed by atoms with Gasteiger partial charge in [0.1, 0.15) is 6.33 Å². The fourth-order valence-electron chi connectivity index (χ4n) is 2.32. The number of benzene rings is 2. The molecule has 0 fully saturated rings. The van der Waals surface area contributed by atoms with Crippen LogP contribution in [0, 0.1) is 6.92 Å². The van der Waals surface area contributed by atoms with E-state index in [4.69, 9.17) is 0 Å². The van der Waals surface area contributed by atoms with E-state index >= 15 is 0 Å². The molecular formula is C17H17N5O. The Kier molecular flexibility index (Phi) is 4.14. The summed E-state index contributed by atoms with van der Waals surface area (Å²) in [6, 6.07) is 15.5. The maximum Gasteiger partial charge on any atom is 0.231 e. The molecule has 6 heteroatoms. The van der Waals surface area contributed by atoms with Crippen molar-refractivity contribution in [2.75, 3.05) is 11.9 Å². The Morgan fingerprint density at radius 3 is 2.61 bits per heavy atom. The van der Waals surface area contributed by atoms with E-state index in [1.807, 2.05) is 55.5 Å². The average Bonchev–Trinajstić information content (AvgIpc) is 3.09. The molecule has 1 aromatic heterocycles. The Bertz CT molecular complexity index is 796. The van der Waals surface area contributed by atoms with Crippen LogP contribution in [0.15, 0.2) is 54.9 Å². The van der Waals surface area contributed by atoms with E-state index in [1.54, 1.807) is 16.6 Å². The van der Waals surface area contributed by atoms with Crippen molar-refractivity contribution in [1.29, 1.82) is 0 Å². The quantitative estimate of drug-likeness (QED) is 0.741. The molecule has 0 aliphatic heterocycles.